The molecule has 0 aliphatic rings. The van der Waals surface area contributed by atoms with Crippen LogP contribution in [0.15, 0.2) is 35.6 Å². The minimum atomic E-state index is 1.17. The average molecular weight is 151 g/mol. The van der Waals surface area contributed by atoms with Crippen molar-refractivity contribution in [3.63, 3.8) is 0 Å². The highest BCUT2D eigenvalue weighted by atomic mass is 14.8. The number of nitrogens with one attached hydrogen (secondary N) is 1. The molecular formula is C10H17N. The second-order valence-corrected chi connectivity index (χ2v) is 2.48. The van der Waals surface area contributed by atoms with Gasteiger partial charge in [0, 0.05) is 12.7 Å². The molecule has 0 spiro atoms. The van der Waals surface area contributed by atoms with Crippen LogP contribution in [0, 0.1) is 0 Å². The number of allylic oxidation sites excluding steroid dienone is 4. The molecule has 0 heterocycles. The van der Waals surface area contributed by atoms with Crippen molar-refractivity contribution in [3.8, 4) is 0 Å². The van der Waals surface area contributed by atoms with Crippen LogP contribution in [0.5, 0.6) is 0 Å². The summed E-state index contributed by atoms with van der Waals surface area (Å²) in [7, 11) is 1.93. The Balaban J connectivity index is 4.79. The maximum absolute atomic E-state index is 3.72. The highest BCUT2D eigenvalue weighted by Crippen LogP contribution is 2.10. The van der Waals surface area contributed by atoms with Gasteiger partial charge in [0.1, 0.15) is 0 Å². The molecular weight excluding hydrogens is 134 g/mol. The van der Waals surface area contributed by atoms with Crippen LogP contribution >= 0.6 is 0 Å². The summed E-state index contributed by atoms with van der Waals surface area (Å²) in [4.78, 5) is 0. The lowest BCUT2D eigenvalue weighted by molar-refractivity contribution is 0.976. The van der Waals surface area contributed by atoms with E-state index < -0.39 is 0 Å². The van der Waals surface area contributed by atoms with Gasteiger partial charge in [-0.3, -0.25) is 0 Å². The minimum Gasteiger partial charge on any atom is -0.388 e. The van der Waals surface area contributed by atoms with Gasteiger partial charge in [0.25, 0.3) is 0 Å². The van der Waals surface area contributed by atoms with E-state index in [1.807, 2.05) is 27.0 Å². The normalized spacial score (nSPS) is 14.0. The maximum Gasteiger partial charge on any atom is 0.0393 e. The van der Waals surface area contributed by atoms with Crippen LogP contribution in [0.3, 0.4) is 0 Å². The number of hydrogen-bond acceptors (Lipinski definition) is 1. The second kappa shape index (κ2) is 4.78. The van der Waals surface area contributed by atoms with Gasteiger partial charge in [0.15, 0.2) is 0 Å². The maximum atomic E-state index is 3.72. The first kappa shape index (κ1) is 10.0. The Kier molecular flexibility index (Phi) is 4.35. The van der Waals surface area contributed by atoms with E-state index in [9.17, 15) is 0 Å². The van der Waals surface area contributed by atoms with E-state index in [-0.39, 0.29) is 0 Å². The molecule has 0 radical (unpaired) electrons. The number of likely N-dealkylation sites (N-methyl/N-ethyl adjacent to an activating group) is 1. The Morgan fingerprint density at radius 2 is 1.91 bits per heavy atom. The standard InChI is InChI=1S/C10H17N/c1-6-8(3)10(11-5)9(4)7-2/h6-7,11H,1H2,2-5H3/b9-7-,10-8+. The van der Waals surface area contributed by atoms with Gasteiger partial charge < -0.3 is 5.32 Å². The summed E-state index contributed by atoms with van der Waals surface area (Å²) in [6.45, 7) is 9.88. The molecule has 1 N–H and O–H groups in total. The first-order chi connectivity index (χ1) is 5.17. The van der Waals surface area contributed by atoms with Gasteiger partial charge in [-0.2, -0.15) is 0 Å². The lowest BCUT2D eigenvalue weighted by Gasteiger charge is -2.09. The third kappa shape index (κ3) is 2.62. The van der Waals surface area contributed by atoms with E-state index in [0.29, 0.717) is 0 Å². The lowest BCUT2D eigenvalue weighted by Crippen LogP contribution is -2.08. The molecule has 0 saturated carbocycles. The summed E-state index contributed by atoms with van der Waals surface area (Å²) in [6, 6.07) is 0. The van der Waals surface area contributed by atoms with E-state index in [2.05, 4.69) is 24.9 Å². The van der Waals surface area contributed by atoms with Crippen molar-refractivity contribution < 1.29 is 0 Å². The number of rotatable bonds is 3. The van der Waals surface area contributed by atoms with Gasteiger partial charge in [-0.15, -0.1) is 0 Å². The van der Waals surface area contributed by atoms with E-state index in [4.69, 9.17) is 0 Å². The van der Waals surface area contributed by atoms with Crippen LogP contribution < -0.4 is 5.32 Å². The van der Waals surface area contributed by atoms with Crippen LogP contribution in [0.4, 0.5) is 0 Å². The van der Waals surface area contributed by atoms with Crippen molar-refractivity contribution >= 4 is 0 Å². The molecule has 1 heteroatoms. The van der Waals surface area contributed by atoms with E-state index in [1.54, 1.807) is 0 Å². The molecule has 0 unspecified atom stereocenters. The first-order valence-electron chi connectivity index (χ1n) is 3.81. The van der Waals surface area contributed by atoms with Crippen LogP contribution in [-0.2, 0) is 0 Å². The summed E-state index contributed by atoms with van der Waals surface area (Å²) >= 11 is 0. The Bertz CT molecular complexity index is 197. The van der Waals surface area contributed by atoms with Crippen molar-refractivity contribution in [3.05, 3.63) is 35.6 Å². The summed E-state index contributed by atoms with van der Waals surface area (Å²) < 4.78 is 0. The molecule has 0 amide bonds. The SMILES string of the molecule is C=C/C(C)=C(NC)\C(C)=C/C. The smallest absolute Gasteiger partial charge is 0.0393 e. The highest BCUT2D eigenvalue weighted by molar-refractivity contribution is 5.35. The van der Waals surface area contributed by atoms with Gasteiger partial charge in [-0.1, -0.05) is 18.7 Å². The fourth-order valence-electron chi connectivity index (χ4n) is 0.952. The molecule has 11 heavy (non-hydrogen) atoms. The second-order valence-electron chi connectivity index (χ2n) is 2.48. The summed E-state index contributed by atoms with van der Waals surface area (Å²) in [6.07, 6.45) is 3.94. The summed E-state index contributed by atoms with van der Waals surface area (Å²) in [5, 5.41) is 3.14. The monoisotopic (exact) mass is 151 g/mol. The number of hydrogen-bond donors (Lipinski definition) is 1. The van der Waals surface area contributed by atoms with Gasteiger partial charge in [0.05, 0.1) is 0 Å². The quantitative estimate of drug-likeness (QED) is 0.611. The largest absolute Gasteiger partial charge is 0.388 e. The molecule has 0 aliphatic carbocycles. The van der Waals surface area contributed by atoms with Crippen LogP contribution in [-0.4, -0.2) is 7.05 Å². The predicted molar refractivity (Wildman–Crippen MR) is 51.4 cm³/mol. The predicted octanol–water partition coefficient (Wildman–Crippen LogP) is 2.63. The van der Waals surface area contributed by atoms with Gasteiger partial charge in [-0.05, 0) is 31.9 Å². The Morgan fingerprint density at radius 3 is 2.18 bits per heavy atom. The molecule has 0 fully saturated rings. The summed E-state index contributed by atoms with van der Waals surface area (Å²) in [5.41, 5.74) is 3.61. The lowest BCUT2D eigenvalue weighted by atomic mass is 10.1. The topological polar surface area (TPSA) is 12.0 Å². The minimum absolute atomic E-state index is 1.17. The molecule has 0 saturated heterocycles. The molecule has 0 atom stereocenters. The Hall–Kier alpha value is -0.980. The molecule has 0 aromatic heterocycles. The molecule has 1 nitrogen and oxygen atoms in total. The highest BCUT2D eigenvalue weighted by Gasteiger charge is 1.97. The van der Waals surface area contributed by atoms with E-state index >= 15 is 0 Å². The van der Waals surface area contributed by atoms with Gasteiger partial charge >= 0.3 is 0 Å². The average Bonchev–Trinajstić information content (AvgIpc) is 2.05. The fourth-order valence-corrected chi connectivity index (χ4v) is 0.952. The van der Waals surface area contributed by atoms with Crippen molar-refractivity contribution in [1.29, 1.82) is 0 Å². The van der Waals surface area contributed by atoms with Crippen molar-refractivity contribution in [2.75, 3.05) is 7.05 Å². The molecule has 0 bridgehead atoms. The van der Waals surface area contributed by atoms with Crippen LogP contribution in [0.1, 0.15) is 20.8 Å². The molecule has 0 aromatic carbocycles. The van der Waals surface area contributed by atoms with E-state index in [1.165, 1.54) is 16.8 Å². The van der Waals surface area contributed by atoms with Crippen LogP contribution in [0.2, 0.25) is 0 Å². The zero-order chi connectivity index (χ0) is 8.85. The van der Waals surface area contributed by atoms with Crippen molar-refractivity contribution in [2.24, 2.45) is 0 Å². The van der Waals surface area contributed by atoms with Gasteiger partial charge in [0.2, 0.25) is 0 Å². The third-order valence-corrected chi connectivity index (χ3v) is 1.78. The van der Waals surface area contributed by atoms with E-state index in [0.717, 1.165) is 0 Å². The summed E-state index contributed by atoms with van der Waals surface area (Å²) in [5.74, 6) is 0. The van der Waals surface area contributed by atoms with Gasteiger partial charge in [-0.25, -0.2) is 0 Å². The van der Waals surface area contributed by atoms with Crippen molar-refractivity contribution in [1.82, 2.24) is 5.32 Å². The zero-order valence-corrected chi connectivity index (χ0v) is 7.86. The molecule has 0 aromatic rings. The Morgan fingerprint density at radius 1 is 1.36 bits per heavy atom. The third-order valence-electron chi connectivity index (χ3n) is 1.78. The van der Waals surface area contributed by atoms with Crippen LogP contribution in [0.25, 0.3) is 0 Å². The van der Waals surface area contributed by atoms with Crippen molar-refractivity contribution in [2.45, 2.75) is 20.8 Å². The zero-order valence-electron chi connectivity index (χ0n) is 7.86. The first-order valence-corrected chi connectivity index (χ1v) is 3.81. The molecule has 0 rings (SSSR count). The Labute approximate surface area is 69.5 Å². The molecule has 0 aliphatic heterocycles. The fraction of sp³-hybridized carbons (Fsp3) is 0.400. The molecule has 62 valence electrons.